The van der Waals surface area contributed by atoms with Gasteiger partial charge in [-0.15, -0.1) is 0 Å². The SMILES string of the molecule is CC[C@H](O)c1ccc(OCc2cc(C)nn2C)cc1. The number of nitrogens with zero attached hydrogens (tertiary/aromatic N) is 2. The van der Waals surface area contributed by atoms with Gasteiger partial charge in [0.05, 0.1) is 17.5 Å². The van der Waals surface area contributed by atoms with E-state index in [1.54, 1.807) is 0 Å². The highest BCUT2D eigenvalue weighted by Crippen LogP contribution is 2.20. The van der Waals surface area contributed by atoms with Crippen LogP contribution in [0.4, 0.5) is 0 Å². The second kappa shape index (κ2) is 5.89. The molecule has 1 N–H and O–H groups in total. The van der Waals surface area contributed by atoms with E-state index in [1.807, 2.05) is 55.9 Å². The molecule has 19 heavy (non-hydrogen) atoms. The maximum atomic E-state index is 9.71. The third kappa shape index (κ3) is 3.35. The number of benzene rings is 1. The van der Waals surface area contributed by atoms with Gasteiger partial charge in [0.2, 0.25) is 0 Å². The molecule has 0 aliphatic heterocycles. The Morgan fingerprint density at radius 3 is 2.53 bits per heavy atom. The second-order valence-corrected chi connectivity index (χ2v) is 4.68. The van der Waals surface area contributed by atoms with Crippen molar-refractivity contribution in [2.24, 2.45) is 7.05 Å². The molecule has 0 aliphatic carbocycles. The first-order valence-electron chi connectivity index (χ1n) is 6.50. The first-order valence-corrected chi connectivity index (χ1v) is 6.50. The van der Waals surface area contributed by atoms with Gasteiger partial charge in [0.15, 0.2) is 0 Å². The average molecular weight is 260 g/mol. The topological polar surface area (TPSA) is 47.3 Å². The molecule has 1 atom stereocenters. The van der Waals surface area contributed by atoms with Crippen molar-refractivity contribution in [3.8, 4) is 5.75 Å². The summed E-state index contributed by atoms with van der Waals surface area (Å²) < 4.78 is 7.54. The Kier molecular flexibility index (Phi) is 4.22. The number of aliphatic hydroxyl groups excluding tert-OH is 1. The van der Waals surface area contributed by atoms with E-state index < -0.39 is 6.10 Å². The third-order valence-corrected chi connectivity index (χ3v) is 3.14. The molecular weight excluding hydrogens is 240 g/mol. The summed E-state index contributed by atoms with van der Waals surface area (Å²) in [5, 5.41) is 14.0. The summed E-state index contributed by atoms with van der Waals surface area (Å²) in [6, 6.07) is 9.58. The Morgan fingerprint density at radius 2 is 2.00 bits per heavy atom. The molecule has 0 saturated heterocycles. The highest BCUT2D eigenvalue weighted by molar-refractivity contribution is 5.28. The molecule has 2 rings (SSSR count). The van der Waals surface area contributed by atoms with E-state index in [4.69, 9.17) is 4.74 Å². The van der Waals surface area contributed by atoms with Gasteiger partial charge in [-0.3, -0.25) is 4.68 Å². The van der Waals surface area contributed by atoms with Crippen LogP contribution in [0.5, 0.6) is 5.75 Å². The second-order valence-electron chi connectivity index (χ2n) is 4.68. The van der Waals surface area contributed by atoms with E-state index in [2.05, 4.69) is 5.10 Å². The Morgan fingerprint density at radius 1 is 1.32 bits per heavy atom. The van der Waals surface area contributed by atoms with E-state index >= 15 is 0 Å². The predicted molar refractivity (Wildman–Crippen MR) is 74.0 cm³/mol. The van der Waals surface area contributed by atoms with Gasteiger partial charge in [-0.05, 0) is 37.1 Å². The van der Waals surface area contributed by atoms with Crippen LogP contribution in [0.1, 0.15) is 36.4 Å². The van der Waals surface area contributed by atoms with E-state index in [0.717, 1.165) is 22.7 Å². The van der Waals surface area contributed by atoms with Crippen LogP contribution < -0.4 is 4.74 Å². The summed E-state index contributed by atoms with van der Waals surface area (Å²) in [5.41, 5.74) is 2.95. The van der Waals surface area contributed by atoms with Crippen molar-refractivity contribution in [3.63, 3.8) is 0 Å². The highest BCUT2D eigenvalue weighted by Gasteiger charge is 2.06. The number of aryl methyl sites for hydroxylation is 2. The molecule has 4 heteroatoms. The number of rotatable bonds is 5. The standard InChI is InChI=1S/C15H20N2O2/c1-4-15(18)12-5-7-14(8-6-12)19-10-13-9-11(2)16-17(13)3/h5-9,15,18H,4,10H2,1-3H3/t15-/m0/s1. The van der Waals surface area contributed by atoms with Crippen LogP contribution in [0.3, 0.4) is 0 Å². The van der Waals surface area contributed by atoms with Crippen LogP contribution in [-0.4, -0.2) is 14.9 Å². The van der Waals surface area contributed by atoms with Crippen molar-refractivity contribution in [1.82, 2.24) is 9.78 Å². The van der Waals surface area contributed by atoms with Gasteiger partial charge in [-0.25, -0.2) is 0 Å². The molecule has 1 aromatic carbocycles. The minimum atomic E-state index is -0.395. The lowest BCUT2D eigenvalue weighted by Crippen LogP contribution is -2.03. The van der Waals surface area contributed by atoms with Gasteiger partial charge < -0.3 is 9.84 Å². The molecule has 0 unspecified atom stereocenters. The number of aromatic nitrogens is 2. The fourth-order valence-electron chi connectivity index (χ4n) is 1.98. The van der Waals surface area contributed by atoms with Crippen LogP contribution >= 0.6 is 0 Å². The van der Waals surface area contributed by atoms with Crippen LogP contribution in [0.15, 0.2) is 30.3 Å². The monoisotopic (exact) mass is 260 g/mol. The van der Waals surface area contributed by atoms with E-state index in [9.17, 15) is 5.11 Å². The van der Waals surface area contributed by atoms with Gasteiger partial charge >= 0.3 is 0 Å². The van der Waals surface area contributed by atoms with Gasteiger partial charge in [0.25, 0.3) is 0 Å². The molecule has 0 radical (unpaired) electrons. The molecule has 0 bridgehead atoms. The summed E-state index contributed by atoms with van der Waals surface area (Å²) in [7, 11) is 1.91. The van der Waals surface area contributed by atoms with Crippen molar-refractivity contribution in [3.05, 3.63) is 47.3 Å². The number of aliphatic hydroxyl groups is 1. The highest BCUT2D eigenvalue weighted by atomic mass is 16.5. The molecule has 0 saturated carbocycles. The van der Waals surface area contributed by atoms with E-state index in [1.165, 1.54) is 0 Å². The van der Waals surface area contributed by atoms with Gasteiger partial charge in [-0.1, -0.05) is 19.1 Å². The van der Waals surface area contributed by atoms with Crippen molar-refractivity contribution < 1.29 is 9.84 Å². The zero-order chi connectivity index (χ0) is 13.8. The Hall–Kier alpha value is -1.81. The van der Waals surface area contributed by atoms with Crippen molar-refractivity contribution in [2.75, 3.05) is 0 Å². The normalized spacial score (nSPS) is 12.4. The molecule has 0 aliphatic rings. The van der Waals surface area contributed by atoms with E-state index in [0.29, 0.717) is 13.0 Å². The first kappa shape index (κ1) is 13.6. The molecule has 0 fully saturated rings. The zero-order valence-corrected chi connectivity index (χ0v) is 11.6. The zero-order valence-electron chi connectivity index (χ0n) is 11.6. The quantitative estimate of drug-likeness (QED) is 0.899. The predicted octanol–water partition coefficient (Wildman–Crippen LogP) is 2.75. The number of ether oxygens (including phenoxy) is 1. The molecule has 0 spiro atoms. The van der Waals surface area contributed by atoms with Gasteiger partial charge in [0, 0.05) is 7.05 Å². The van der Waals surface area contributed by atoms with Crippen LogP contribution in [0.2, 0.25) is 0 Å². The van der Waals surface area contributed by atoms with Crippen molar-refractivity contribution in [2.45, 2.75) is 33.0 Å². The van der Waals surface area contributed by atoms with Crippen molar-refractivity contribution >= 4 is 0 Å². The molecule has 1 heterocycles. The van der Waals surface area contributed by atoms with E-state index in [-0.39, 0.29) is 0 Å². The molecule has 102 valence electrons. The lowest BCUT2D eigenvalue weighted by Gasteiger charge is -2.10. The minimum Gasteiger partial charge on any atom is -0.487 e. The van der Waals surface area contributed by atoms with Crippen LogP contribution in [0.25, 0.3) is 0 Å². The molecular formula is C15H20N2O2. The summed E-state index contributed by atoms with van der Waals surface area (Å²) in [5.74, 6) is 0.797. The van der Waals surface area contributed by atoms with Crippen LogP contribution in [-0.2, 0) is 13.7 Å². The Bertz CT molecular complexity index is 532. The fourth-order valence-corrected chi connectivity index (χ4v) is 1.98. The number of hydrogen-bond donors (Lipinski definition) is 1. The molecule has 1 aromatic heterocycles. The average Bonchev–Trinajstić information content (AvgIpc) is 2.74. The molecule has 0 amide bonds. The first-order chi connectivity index (χ1) is 9.10. The lowest BCUT2D eigenvalue weighted by atomic mass is 10.1. The van der Waals surface area contributed by atoms with Gasteiger partial charge in [-0.2, -0.15) is 5.10 Å². The molecule has 4 nitrogen and oxygen atoms in total. The summed E-state index contributed by atoms with van der Waals surface area (Å²) in [6.07, 6.45) is 0.322. The largest absolute Gasteiger partial charge is 0.487 e. The Balaban J connectivity index is 1.98. The summed E-state index contributed by atoms with van der Waals surface area (Å²) in [4.78, 5) is 0. The maximum Gasteiger partial charge on any atom is 0.130 e. The Labute approximate surface area is 113 Å². The summed E-state index contributed by atoms with van der Waals surface area (Å²) in [6.45, 7) is 4.41. The van der Waals surface area contributed by atoms with Crippen LogP contribution in [0, 0.1) is 6.92 Å². The third-order valence-electron chi connectivity index (χ3n) is 3.14. The maximum absolute atomic E-state index is 9.71. The number of hydrogen-bond acceptors (Lipinski definition) is 3. The lowest BCUT2D eigenvalue weighted by molar-refractivity contribution is 0.173. The van der Waals surface area contributed by atoms with Gasteiger partial charge in [0.1, 0.15) is 12.4 Å². The van der Waals surface area contributed by atoms with Crippen molar-refractivity contribution in [1.29, 1.82) is 0 Å². The fraction of sp³-hybridized carbons (Fsp3) is 0.400. The molecule has 2 aromatic rings. The smallest absolute Gasteiger partial charge is 0.130 e. The minimum absolute atomic E-state index is 0.395. The summed E-state index contributed by atoms with van der Waals surface area (Å²) >= 11 is 0.